The molecule has 1 atom stereocenters. The van der Waals surface area contributed by atoms with Gasteiger partial charge in [0.2, 0.25) is 21.8 Å². The van der Waals surface area contributed by atoms with Crippen molar-refractivity contribution in [3.05, 3.63) is 65.7 Å². The summed E-state index contributed by atoms with van der Waals surface area (Å²) in [5.41, 5.74) is 2.35. The van der Waals surface area contributed by atoms with E-state index < -0.39 is 22.0 Å². The minimum atomic E-state index is -3.71. The van der Waals surface area contributed by atoms with Gasteiger partial charge >= 0.3 is 0 Å². The van der Waals surface area contributed by atoms with Crippen molar-refractivity contribution >= 4 is 27.5 Å². The van der Waals surface area contributed by atoms with Crippen molar-refractivity contribution in [2.24, 2.45) is 0 Å². The predicted octanol–water partition coefficient (Wildman–Crippen LogP) is 3.09. The number of amides is 2. The summed E-state index contributed by atoms with van der Waals surface area (Å²) < 4.78 is 26.0. The Labute approximate surface area is 191 Å². The standard InChI is InChI=1S/C24H33N3O4S/c1-6-22(24(29)25-18(2)3)26(16-20-14-12-19(4)13-15-20)23(28)17-27(32(5,30)31)21-10-8-7-9-11-21/h7-15,18,22H,6,16-17H2,1-5H3,(H,25,29)/t22-/m0/s1. The van der Waals surface area contributed by atoms with Crippen LogP contribution in [-0.4, -0.2) is 50.0 Å². The summed E-state index contributed by atoms with van der Waals surface area (Å²) >= 11 is 0. The lowest BCUT2D eigenvalue weighted by molar-refractivity contribution is -0.140. The molecule has 174 valence electrons. The third-order valence-electron chi connectivity index (χ3n) is 5.01. The van der Waals surface area contributed by atoms with E-state index in [0.717, 1.165) is 21.7 Å². The second-order valence-electron chi connectivity index (χ2n) is 8.20. The van der Waals surface area contributed by atoms with Gasteiger partial charge < -0.3 is 10.2 Å². The van der Waals surface area contributed by atoms with E-state index in [-0.39, 0.29) is 25.0 Å². The molecule has 7 nitrogen and oxygen atoms in total. The molecule has 0 aromatic heterocycles. The Balaban J connectivity index is 2.40. The number of benzene rings is 2. The number of aryl methyl sites for hydroxylation is 1. The van der Waals surface area contributed by atoms with Crippen LogP contribution in [0.2, 0.25) is 0 Å². The lowest BCUT2D eigenvalue weighted by atomic mass is 10.1. The monoisotopic (exact) mass is 459 g/mol. The van der Waals surface area contributed by atoms with E-state index in [1.54, 1.807) is 30.3 Å². The molecular weight excluding hydrogens is 426 g/mol. The smallest absolute Gasteiger partial charge is 0.244 e. The van der Waals surface area contributed by atoms with Crippen molar-refractivity contribution in [2.45, 2.75) is 52.7 Å². The van der Waals surface area contributed by atoms with Crippen molar-refractivity contribution < 1.29 is 18.0 Å². The lowest BCUT2D eigenvalue weighted by Gasteiger charge is -2.33. The first-order valence-electron chi connectivity index (χ1n) is 10.7. The summed E-state index contributed by atoms with van der Waals surface area (Å²) in [6, 6.07) is 15.4. The van der Waals surface area contributed by atoms with E-state index in [9.17, 15) is 18.0 Å². The van der Waals surface area contributed by atoms with Gasteiger partial charge in [0.15, 0.2) is 0 Å². The van der Waals surface area contributed by atoms with Crippen LogP contribution in [0.5, 0.6) is 0 Å². The molecule has 0 aliphatic rings. The first kappa shape index (κ1) is 25.4. The summed E-state index contributed by atoms with van der Waals surface area (Å²) in [5, 5.41) is 2.87. The highest BCUT2D eigenvalue weighted by Gasteiger charge is 2.31. The van der Waals surface area contributed by atoms with E-state index in [4.69, 9.17) is 0 Å². The molecule has 0 unspecified atom stereocenters. The topological polar surface area (TPSA) is 86.8 Å². The second kappa shape index (κ2) is 11.1. The third kappa shape index (κ3) is 7.09. The van der Waals surface area contributed by atoms with Crippen molar-refractivity contribution in [1.29, 1.82) is 0 Å². The van der Waals surface area contributed by atoms with Crippen LogP contribution in [0.1, 0.15) is 38.3 Å². The number of hydrogen-bond acceptors (Lipinski definition) is 4. The molecule has 2 amide bonds. The van der Waals surface area contributed by atoms with Crippen molar-refractivity contribution in [3.8, 4) is 0 Å². The maximum atomic E-state index is 13.5. The molecular formula is C24H33N3O4S. The Bertz CT molecular complexity index is 1010. The first-order chi connectivity index (χ1) is 15.0. The molecule has 32 heavy (non-hydrogen) atoms. The highest BCUT2D eigenvalue weighted by Crippen LogP contribution is 2.19. The van der Waals surface area contributed by atoms with Crippen LogP contribution in [0.25, 0.3) is 0 Å². The summed E-state index contributed by atoms with van der Waals surface area (Å²) in [6.07, 6.45) is 1.47. The van der Waals surface area contributed by atoms with Crippen LogP contribution in [0.4, 0.5) is 5.69 Å². The Morgan fingerprint density at radius 1 is 1.00 bits per heavy atom. The number of rotatable bonds is 10. The van der Waals surface area contributed by atoms with E-state index in [2.05, 4.69) is 5.32 Å². The molecule has 8 heteroatoms. The van der Waals surface area contributed by atoms with E-state index in [1.165, 1.54) is 4.90 Å². The number of anilines is 1. The SMILES string of the molecule is CC[C@@H](C(=O)NC(C)C)N(Cc1ccc(C)cc1)C(=O)CN(c1ccccc1)S(C)(=O)=O. The maximum Gasteiger partial charge on any atom is 0.244 e. The lowest BCUT2D eigenvalue weighted by Crippen LogP contribution is -2.53. The van der Waals surface area contributed by atoms with Crippen molar-refractivity contribution in [3.63, 3.8) is 0 Å². The average Bonchev–Trinajstić information content (AvgIpc) is 2.72. The normalized spacial score (nSPS) is 12.3. The van der Waals surface area contributed by atoms with E-state index in [0.29, 0.717) is 12.1 Å². The molecule has 2 aromatic carbocycles. The van der Waals surface area contributed by atoms with Gasteiger partial charge in [-0.2, -0.15) is 0 Å². The number of nitrogens with one attached hydrogen (secondary N) is 1. The van der Waals surface area contributed by atoms with Crippen LogP contribution in [0.15, 0.2) is 54.6 Å². The van der Waals surface area contributed by atoms with E-state index >= 15 is 0 Å². The summed E-state index contributed by atoms with van der Waals surface area (Å²) in [5.74, 6) is -0.695. The molecule has 0 bridgehead atoms. The third-order valence-corrected chi connectivity index (χ3v) is 6.15. The van der Waals surface area contributed by atoms with Gasteiger partial charge in [-0.1, -0.05) is 55.0 Å². The molecule has 0 saturated heterocycles. The first-order valence-corrected chi connectivity index (χ1v) is 12.6. The highest BCUT2D eigenvalue weighted by atomic mass is 32.2. The molecule has 0 heterocycles. The molecule has 0 spiro atoms. The number of carbonyl (C=O) groups is 2. The fraction of sp³-hybridized carbons (Fsp3) is 0.417. The Morgan fingerprint density at radius 3 is 2.09 bits per heavy atom. The molecule has 0 radical (unpaired) electrons. The van der Waals surface area contributed by atoms with Gasteiger partial charge in [-0.3, -0.25) is 13.9 Å². The molecule has 0 fully saturated rings. The Hall–Kier alpha value is -2.87. The van der Waals surface area contributed by atoms with Gasteiger partial charge in [-0.05, 0) is 44.9 Å². The van der Waals surface area contributed by atoms with Gasteiger partial charge in [0.25, 0.3) is 0 Å². The van der Waals surface area contributed by atoms with Gasteiger partial charge in [-0.25, -0.2) is 8.42 Å². The zero-order valence-electron chi connectivity index (χ0n) is 19.4. The zero-order chi connectivity index (χ0) is 23.9. The average molecular weight is 460 g/mol. The summed E-state index contributed by atoms with van der Waals surface area (Å²) in [4.78, 5) is 27.8. The van der Waals surface area contributed by atoms with Crippen LogP contribution in [0.3, 0.4) is 0 Å². The van der Waals surface area contributed by atoms with Crippen LogP contribution < -0.4 is 9.62 Å². The van der Waals surface area contributed by atoms with Crippen molar-refractivity contribution in [2.75, 3.05) is 17.1 Å². The second-order valence-corrected chi connectivity index (χ2v) is 10.1. The molecule has 2 rings (SSSR count). The number of sulfonamides is 1. The minimum absolute atomic E-state index is 0.0790. The summed E-state index contributed by atoms with van der Waals surface area (Å²) in [6.45, 7) is 7.35. The molecule has 0 aliphatic heterocycles. The fourth-order valence-corrected chi connectivity index (χ4v) is 4.25. The summed E-state index contributed by atoms with van der Waals surface area (Å²) in [7, 11) is -3.71. The quantitative estimate of drug-likeness (QED) is 0.592. The Morgan fingerprint density at radius 2 is 1.59 bits per heavy atom. The zero-order valence-corrected chi connectivity index (χ0v) is 20.2. The molecule has 0 aliphatic carbocycles. The van der Waals surface area contributed by atoms with Gasteiger partial charge in [-0.15, -0.1) is 0 Å². The number of hydrogen-bond donors (Lipinski definition) is 1. The Kier molecular flexibility index (Phi) is 8.83. The van der Waals surface area contributed by atoms with Crippen molar-refractivity contribution in [1.82, 2.24) is 10.2 Å². The largest absolute Gasteiger partial charge is 0.352 e. The number of nitrogens with zero attached hydrogens (tertiary/aromatic N) is 2. The molecule has 1 N–H and O–H groups in total. The highest BCUT2D eigenvalue weighted by molar-refractivity contribution is 7.92. The molecule has 2 aromatic rings. The van der Waals surface area contributed by atoms with Gasteiger partial charge in [0.1, 0.15) is 12.6 Å². The minimum Gasteiger partial charge on any atom is -0.352 e. The van der Waals surface area contributed by atoms with Gasteiger partial charge in [0, 0.05) is 12.6 Å². The van der Waals surface area contributed by atoms with Crippen LogP contribution >= 0.6 is 0 Å². The van der Waals surface area contributed by atoms with Gasteiger partial charge in [0.05, 0.1) is 11.9 Å². The number of para-hydroxylation sites is 1. The predicted molar refractivity (Wildman–Crippen MR) is 128 cm³/mol. The fourth-order valence-electron chi connectivity index (χ4n) is 3.40. The molecule has 0 saturated carbocycles. The van der Waals surface area contributed by atoms with Crippen LogP contribution in [-0.2, 0) is 26.2 Å². The van der Waals surface area contributed by atoms with Crippen LogP contribution in [0, 0.1) is 6.92 Å². The van der Waals surface area contributed by atoms with E-state index in [1.807, 2.05) is 52.0 Å². The maximum absolute atomic E-state index is 13.5. The number of carbonyl (C=O) groups excluding carboxylic acids is 2.